The summed E-state index contributed by atoms with van der Waals surface area (Å²) in [5.41, 5.74) is 5.99. The highest BCUT2D eigenvalue weighted by molar-refractivity contribution is 6.05. The summed E-state index contributed by atoms with van der Waals surface area (Å²) in [7, 11) is 0. The van der Waals surface area contributed by atoms with Crippen LogP contribution >= 0.6 is 0 Å². The van der Waals surface area contributed by atoms with Crippen LogP contribution in [-0.4, -0.2) is 46.7 Å². The number of amides is 3. The topological polar surface area (TPSA) is 69.7 Å². The lowest BCUT2D eigenvalue weighted by atomic mass is 9.85. The molecule has 1 unspecified atom stereocenters. The van der Waals surface area contributed by atoms with Crippen LogP contribution in [0.15, 0.2) is 30.3 Å². The molecule has 2 aromatic rings. The van der Waals surface area contributed by atoms with E-state index in [4.69, 9.17) is 0 Å². The number of nitrogens with zero attached hydrogens (tertiary/aromatic N) is 2. The molecule has 6 nitrogen and oxygen atoms in total. The van der Waals surface area contributed by atoms with Gasteiger partial charge >= 0.3 is 0 Å². The van der Waals surface area contributed by atoms with Crippen LogP contribution in [0.4, 0.5) is 4.39 Å². The Bertz CT molecular complexity index is 1170. The van der Waals surface area contributed by atoms with Crippen LogP contribution in [0.25, 0.3) is 0 Å². The van der Waals surface area contributed by atoms with Crippen molar-refractivity contribution in [3.63, 3.8) is 0 Å². The Balaban J connectivity index is 1.32. The molecular formula is C27H30FN3O3. The van der Waals surface area contributed by atoms with Gasteiger partial charge in [-0.05, 0) is 86.5 Å². The lowest BCUT2D eigenvalue weighted by molar-refractivity contribution is -0.136. The van der Waals surface area contributed by atoms with Crippen molar-refractivity contribution in [3.8, 4) is 0 Å². The number of benzene rings is 2. The Hall–Kier alpha value is -3.06. The van der Waals surface area contributed by atoms with E-state index in [1.165, 1.54) is 27.7 Å². The minimum atomic E-state index is -0.687. The van der Waals surface area contributed by atoms with Crippen LogP contribution in [0, 0.1) is 19.7 Å². The van der Waals surface area contributed by atoms with E-state index in [1.54, 1.807) is 6.07 Å². The number of carbonyl (C=O) groups is 3. The third-order valence-corrected chi connectivity index (χ3v) is 7.58. The maximum atomic E-state index is 14.6. The molecule has 2 aromatic carbocycles. The van der Waals surface area contributed by atoms with Gasteiger partial charge in [-0.1, -0.05) is 23.8 Å². The van der Waals surface area contributed by atoms with Gasteiger partial charge in [0.1, 0.15) is 11.9 Å². The summed E-state index contributed by atoms with van der Waals surface area (Å²) in [5, 5.41) is 2.32. The lowest BCUT2D eigenvalue weighted by Gasteiger charge is -2.33. The van der Waals surface area contributed by atoms with Crippen LogP contribution in [0.5, 0.6) is 0 Å². The molecule has 34 heavy (non-hydrogen) atoms. The largest absolute Gasteiger partial charge is 0.322 e. The third-order valence-electron chi connectivity index (χ3n) is 7.58. The van der Waals surface area contributed by atoms with Gasteiger partial charge < -0.3 is 4.90 Å². The fourth-order valence-corrected chi connectivity index (χ4v) is 5.63. The van der Waals surface area contributed by atoms with Crippen LogP contribution in [0.2, 0.25) is 0 Å². The van der Waals surface area contributed by atoms with Crippen LogP contribution in [-0.2, 0) is 22.7 Å². The van der Waals surface area contributed by atoms with E-state index in [9.17, 15) is 18.8 Å². The van der Waals surface area contributed by atoms with Crippen LogP contribution in [0.3, 0.4) is 0 Å². The molecule has 1 atom stereocenters. The number of carbonyl (C=O) groups excluding carboxylic acids is 3. The Morgan fingerprint density at radius 1 is 1.03 bits per heavy atom. The molecule has 3 aliphatic heterocycles. The molecule has 2 fully saturated rings. The first-order chi connectivity index (χ1) is 16.3. The molecule has 0 aliphatic carbocycles. The van der Waals surface area contributed by atoms with Crippen molar-refractivity contribution >= 4 is 17.7 Å². The highest BCUT2D eigenvalue weighted by Crippen LogP contribution is 2.38. The van der Waals surface area contributed by atoms with Crippen LogP contribution in [0.1, 0.15) is 69.8 Å². The highest BCUT2D eigenvalue weighted by atomic mass is 19.1. The van der Waals surface area contributed by atoms with Gasteiger partial charge in [0.25, 0.3) is 5.91 Å². The second-order valence-corrected chi connectivity index (χ2v) is 9.90. The number of hydrogen-bond donors (Lipinski definition) is 1. The van der Waals surface area contributed by atoms with E-state index in [-0.39, 0.29) is 24.2 Å². The van der Waals surface area contributed by atoms with E-state index in [0.29, 0.717) is 18.5 Å². The summed E-state index contributed by atoms with van der Waals surface area (Å²) in [6.07, 6.45) is 2.30. The minimum Gasteiger partial charge on any atom is -0.322 e. The third kappa shape index (κ3) is 4.25. The average molecular weight is 464 g/mol. The van der Waals surface area contributed by atoms with Crippen molar-refractivity contribution in [2.75, 3.05) is 13.1 Å². The monoisotopic (exact) mass is 463 g/mol. The van der Waals surface area contributed by atoms with Gasteiger partial charge in [-0.15, -0.1) is 0 Å². The molecule has 0 spiro atoms. The van der Waals surface area contributed by atoms with Gasteiger partial charge in [-0.3, -0.25) is 24.6 Å². The maximum Gasteiger partial charge on any atom is 0.255 e. The standard InChI is InChI=1S/C27H30FN3O3/c1-16-3-4-17(2)19(11-16)14-30-9-7-18(8-10-30)21-12-20(28)13-22-23(21)15-31(27(22)34)24-5-6-25(32)29-26(24)33/h3-4,11-13,18,24H,5-10,14-15H2,1-2H3,(H,29,32,33). The molecule has 0 saturated carbocycles. The van der Waals surface area contributed by atoms with E-state index in [2.05, 4.69) is 42.3 Å². The van der Waals surface area contributed by atoms with Crippen LogP contribution < -0.4 is 5.32 Å². The Morgan fingerprint density at radius 3 is 2.53 bits per heavy atom. The number of rotatable bonds is 4. The Kier molecular flexibility index (Phi) is 5.98. The van der Waals surface area contributed by atoms with E-state index in [1.807, 2.05) is 0 Å². The Labute approximate surface area is 199 Å². The second-order valence-electron chi connectivity index (χ2n) is 9.90. The fraction of sp³-hybridized carbons (Fsp3) is 0.444. The SMILES string of the molecule is Cc1ccc(C)c(CN2CCC(c3cc(F)cc4c3CN(C3CCC(=O)NC3=O)C4=O)CC2)c1. The number of fused-ring (bicyclic) bond motifs is 1. The van der Waals surface area contributed by atoms with Gasteiger partial charge in [-0.2, -0.15) is 0 Å². The molecule has 7 heteroatoms. The van der Waals surface area contributed by atoms with Crippen molar-refractivity contribution in [2.24, 2.45) is 0 Å². The Morgan fingerprint density at radius 2 is 1.79 bits per heavy atom. The van der Waals surface area contributed by atoms with Crippen molar-refractivity contribution in [1.29, 1.82) is 0 Å². The molecule has 178 valence electrons. The van der Waals surface area contributed by atoms with E-state index in [0.717, 1.165) is 43.6 Å². The van der Waals surface area contributed by atoms with E-state index < -0.39 is 17.8 Å². The number of hydrogen-bond acceptors (Lipinski definition) is 4. The minimum absolute atomic E-state index is 0.175. The number of aryl methyl sites for hydroxylation is 2. The average Bonchev–Trinajstić information content (AvgIpc) is 3.12. The first kappa shape index (κ1) is 22.7. The summed E-state index contributed by atoms with van der Waals surface area (Å²) in [5.74, 6) is -1.32. The quantitative estimate of drug-likeness (QED) is 0.704. The predicted molar refractivity (Wildman–Crippen MR) is 126 cm³/mol. The number of nitrogens with one attached hydrogen (secondary N) is 1. The van der Waals surface area contributed by atoms with Crippen molar-refractivity contribution in [2.45, 2.75) is 64.6 Å². The van der Waals surface area contributed by atoms with Crippen molar-refractivity contribution in [1.82, 2.24) is 15.1 Å². The van der Waals surface area contributed by atoms with Gasteiger partial charge in [0, 0.05) is 25.1 Å². The predicted octanol–water partition coefficient (Wildman–Crippen LogP) is 3.58. The number of likely N-dealkylation sites (tertiary alicyclic amines) is 1. The number of halogens is 1. The molecular weight excluding hydrogens is 433 g/mol. The van der Waals surface area contributed by atoms with Crippen molar-refractivity contribution in [3.05, 3.63) is 69.5 Å². The van der Waals surface area contributed by atoms with Gasteiger partial charge in [0.2, 0.25) is 11.8 Å². The van der Waals surface area contributed by atoms with E-state index >= 15 is 0 Å². The first-order valence-corrected chi connectivity index (χ1v) is 12.1. The zero-order chi connectivity index (χ0) is 24.0. The summed E-state index contributed by atoms with van der Waals surface area (Å²) in [6.45, 7) is 7.27. The van der Waals surface area contributed by atoms with Gasteiger partial charge in [0.05, 0.1) is 0 Å². The summed E-state index contributed by atoms with van der Waals surface area (Å²) < 4.78 is 14.6. The fourth-order valence-electron chi connectivity index (χ4n) is 5.63. The number of imide groups is 1. The first-order valence-electron chi connectivity index (χ1n) is 12.1. The molecule has 1 N–H and O–H groups in total. The summed E-state index contributed by atoms with van der Waals surface area (Å²) in [4.78, 5) is 41.0. The smallest absolute Gasteiger partial charge is 0.255 e. The molecule has 0 radical (unpaired) electrons. The zero-order valence-electron chi connectivity index (χ0n) is 19.7. The molecule has 3 heterocycles. The summed E-state index contributed by atoms with van der Waals surface area (Å²) in [6, 6.07) is 8.73. The second kappa shape index (κ2) is 8.95. The summed E-state index contributed by atoms with van der Waals surface area (Å²) >= 11 is 0. The van der Waals surface area contributed by atoms with Crippen molar-refractivity contribution < 1.29 is 18.8 Å². The normalized spacial score (nSPS) is 21.7. The molecule has 0 bridgehead atoms. The van der Waals surface area contributed by atoms with Gasteiger partial charge in [-0.25, -0.2) is 4.39 Å². The molecule has 3 amide bonds. The molecule has 5 rings (SSSR count). The van der Waals surface area contributed by atoms with Gasteiger partial charge in [0.15, 0.2) is 0 Å². The zero-order valence-corrected chi connectivity index (χ0v) is 19.7. The number of piperidine rings is 2. The molecule has 2 saturated heterocycles. The lowest BCUT2D eigenvalue weighted by Crippen LogP contribution is -2.52. The highest BCUT2D eigenvalue weighted by Gasteiger charge is 2.41. The maximum absolute atomic E-state index is 14.6. The molecule has 3 aliphatic rings. The molecule has 0 aromatic heterocycles.